The van der Waals surface area contributed by atoms with Crippen molar-refractivity contribution in [3.05, 3.63) is 35.9 Å². The second-order valence-corrected chi connectivity index (χ2v) is 2.65. The lowest BCUT2D eigenvalue weighted by atomic mass is 10.1. The molecule has 0 aromatic heterocycles. The van der Waals surface area contributed by atoms with Crippen LogP contribution in [0.2, 0.25) is 0 Å². The van der Waals surface area contributed by atoms with Gasteiger partial charge in [0.2, 0.25) is 6.41 Å². The molecule has 0 heterocycles. The fourth-order valence-electron chi connectivity index (χ4n) is 1.16. The second-order valence-electron chi connectivity index (χ2n) is 2.65. The number of amides is 1. The molecular weight excluding hydrogens is 166 g/mol. The van der Waals surface area contributed by atoms with Crippen LogP contribution in [0.1, 0.15) is 18.0 Å². The highest BCUT2D eigenvalue weighted by Crippen LogP contribution is 2.13. The molecule has 0 fully saturated rings. The highest BCUT2D eigenvalue weighted by Gasteiger charge is 2.07. The van der Waals surface area contributed by atoms with Crippen molar-refractivity contribution in [3.8, 4) is 0 Å². The fourth-order valence-corrected chi connectivity index (χ4v) is 1.16. The molecule has 0 spiro atoms. The number of aldehydes is 1. The van der Waals surface area contributed by atoms with Gasteiger partial charge in [-0.2, -0.15) is 0 Å². The summed E-state index contributed by atoms with van der Waals surface area (Å²) in [6, 6.07) is 9.20. The van der Waals surface area contributed by atoms with Crippen LogP contribution in [-0.4, -0.2) is 12.7 Å². The zero-order valence-corrected chi connectivity index (χ0v) is 7.14. The average molecular weight is 177 g/mol. The number of carbonyl (C=O) groups excluding carboxylic acids is 2. The van der Waals surface area contributed by atoms with E-state index in [9.17, 15) is 9.59 Å². The van der Waals surface area contributed by atoms with Crippen molar-refractivity contribution in [1.29, 1.82) is 0 Å². The van der Waals surface area contributed by atoms with Gasteiger partial charge in [-0.25, -0.2) is 0 Å². The van der Waals surface area contributed by atoms with Crippen molar-refractivity contribution in [3.63, 3.8) is 0 Å². The summed E-state index contributed by atoms with van der Waals surface area (Å²) in [5.74, 6) is 0. The summed E-state index contributed by atoms with van der Waals surface area (Å²) in [6.45, 7) is 0. The molecule has 1 amide bonds. The normalized spacial score (nSPS) is 11.7. The van der Waals surface area contributed by atoms with Crippen LogP contribution in [-0.2, 0) is 9.59 Å². The van der Waals surface area contributed by atoms with Gasteiger partial charge in [-0.15, -0.1) is 0 Å². The summed E-state index contributed by atoms with van der Waals surface area (Å²) in [7, 11) is 0. The first-order valence-corrected chi connectivity index (χ1v) is 4.06. The SMILES string of the molecule is O=CCC(NC=O)c1ccccc1. The van der Waals surface area contributed by atoms with Crippen molar-refractivity contribution >= 4 is 12.7 Å². The van der Waals surface area contributed by atoms with Gasteiger partial charge >= 0.3 is 0 Å². The Morgan fingerprint density at radius 1 is 1.23 bits per heavy atom. The van der Waals surface area contributed by atoms with E-state index in [-0.39, 0.29) is 6.04 Å². The van der Waals surface area contributed by atoms with Gasteiger partial charge in [0.15, 0.2) is 0 Å². The van der Waals surface area contributed by atoms with Crippen LogP contribution in [0.5, 0.6) is 0 Å². The predicted molar refractivity (Wildman–Crippen MR) is 49.1 cm³/mol. The Morgan fingerprint density at radius 3 is 2.46 bits per heavy atom. The molecular formula is C10H11NO2. The van der Waals surface area contributed by atoms with Gasteiger partial charge in [0, 0.05) is 6.42 Å². The molecule has 1 aromatic rings. The molecule has 1 unspecified atom stereocenters. The largest absolute Gasteiger partial charge is 0.351 e. The molecule has 3 nitrogen and oxygen atoms in total. The van der Waals surface area contributed by atoms with E-state index in [0.29, 0.717) is 12.8 Å². The minimum atomic E-state index is -0.198. The van der Waals surface area contributed by atoms with Gasteiger partial charge < -0.3 is 10.1 Å². The first-order valence-electron chi connectivity index (χ1n) is 4.06. The number of nitrogens with one attached hydrogen (secondary N) is 1. The number of benzene rings is 1. The number of rotatable bonds is 5. The summed E-state index contributed by atoms with van der Waals surface area (Å²) in [4.78, 5) is 20.5. The van der Waals surface area contributed by atoms with Crippen molar-refractivity contribution in [2.24, 2.45) is 0 Å². The van der Waals surface area contributed by atoms with Gasteiger partial charge in [0.05, 0.1) is 6.04 Å². The van der Waals surface area contributed by atoms with Crippen LogP contribution in [0, 0.1) is 0 Å². The van der Waals surface area contributed by atoms with E-state index in [0.717, 1.165) is 11.8 Å². The van der Waals surface area contributed by atoms with Gasteiger partial charge in [0.25, 0.3) is 0 Å². The lowest BCUT2D eigenvalue weighted by Gasteiger charge is -2.12. The van der Waals surface area contributed by atoms with Crippen molar-refractivity contribution < 1.29 is 9.59 Å². The lowest BCUT2D eigenvalue weighted by molar-refractivity contribution is -0.111. The molecule has 1 N–H and O–H groups in total. The molecule has 0 aliphatic heterocycles. The zero-order chi connectivity index (χ0) is 9.52. The monoisotopic (exact) mass is 177 g/mol. The fraction of sp³-hybridized carbons (Fsp3) is 0.200. The van der Waals surface area contributed by atoms with Crippen molar-refractivity contribution in [2.75, 3.05) is 0 Å². The van der Waals surface area contributed by atoms with Gasteiger partial charge in [-0.05, 0) is 5.56 Å². The molecule has 0 radical (unpaired) electrons. The summed E-state index contributed by atoms with van der Waals surface area (Å²) in [6.07, 6.45) is 1.72. The van der Waals surface area contributed by atoms with E-state index in [1.165, 1.54) is 0 Å². The third kappa shape index (κ3) is 2.71. The average Bonchev–Trinajstić information content (AvgIpc) is 2.19. The lowest BCUT2D eigenvalue weighted by Crippen LogP contribution is -2.19. The second kappa shape index (κ2) is 5.09. The van der Waals surface area contributed by atoms with Crippen LogP contribution in [0.25, 0.3) is 0 Å². The molecule has 68 valence electrons. The quantitative estimate of drug-likeness (QED) is 0.683. The molecule has 13 heavy (non-hydrogen) atoms. The molecule has 0 bridgehead atoms. The van der Waals surface area contributed by atoms with E-state index >= 15 is 0 Å². The smallest absolute Gasteiger partial charge is 0.207 e. The number of carbonyl (C=O) groups is 2. The Bertz CT molecular complexity index is 262. The molecule has 0 aliphatic rings. The molecule has 1 rings (SSSR count). The summed E-state index contributed by atoms with van der Waals surface area (Å²) < 4.78 is 0. The zero-order valence-electron chi connectivity index (χ0n) is 7.14. The summed E-state index contributed by atoms with van der Waals surface area (Å²) in [5.41, 5.74) is 0.946. The number of hydrogen-bond donors (Lipinski definition) is 1. The van der Waals surface area contributed by atoms with Crippen LogP contribution in [0.3, 0.4) is 0 Å². The Balaban J connectivity index is 2.75. The molecule has 1 aromatic carbocycles. The first kappa shape index (κ1) is 9.45. The Kier molecular flexibility index (Phi) is 3.70. The first-order chi connectivity index (χ1) is 6.38. The third-order valence-corrected chi connectivity index (χ3v) is 1.80. The Morgan fingerprint density at radius 2 is 1.92 bits per heavy atom. The maximum Gasteiger partial charge on any atom is 0.207 e. The Hall–Kier alpha value is -1.64. The van der Waals surface area contributed by atoms with E-state index in [1.807, 2.05) is 30.3 Å². The predicted octanol–water partition coefficient (Wildman–Crippen LogP) is 1.06. The number of hydrogen-bond acceptors (Lipinski definition) is 2. The van der Waals surface area contributed by atoms with E-state index < -0.39 is 0 Å². The third-order valence-electron chi connectivity index (χ3n) is 1.80. The van der Waals surface area contributed by atoms with E-state index in [4.69, 9.17) is 0 Å². The van der Waals surface area contributed by atoms with Crippen LogP contribution in [0.4, 0.5) is 0 Å². The Labute approximate surface area is 76.8 Å². The van der Waals surface area contributed by atoms with Gasteiger partial charge in [-0.3, -0.25) is 4.79 Å². The highest BCUT2D eigenvalue weighted by molar-refractivity contribution is 5.55. The summed E-state index contributed by atoms with van der Waals surface area (Å²) >= 11 is 0. The minimum Gasteiger partial charge on any atom is -0.351 e. The summed E-state index contributed by atoms with van der Waals surface area (Å²) in [5, 5.41) is 2.59. The van der Waals surface area contributed by atoms with Gasteiger partial charge in [-0.1, -0.05) is 30.3 Å². The van der Waals surface area contributed by atoms with Crippen LogP contribution < -0.4 is 5.32 Å². The van der Waals surface area contributed by atoms with E-state index in [1.54, 1.807) is 0 Å². The van der Waals surface area contributed by atoms with E-state index in [2.05, 4.69) is 5.32 Å². The van der Waals surface area contributed by atoms with Crippen LogP contribution >= 0.6 is 0 Å². The minimum absolute atomic E-state index is 0.198. The molecule has 0 saturated carbocycles. The standard InChI is InChI=1S/C10H11NO2/c12-7-6-10(11-8-13)9-4-2-1-3-5-9/h1-5,7-8,10H,6H2,(H,11,13). The maximum absolute atomic E-state index is 10.3. The van der Waals surface area contributed by atoms with Crippen LogP contribution in [0.15, 0.2) is 30.3 Å². The maximum atomic E-state index is 10.3. The highest BCUT2D eigenvalue weighted by atomic mass is 16.1. The molecule has 3 heteroatoms. The topological polar surface area (TPSA) is 46.2 Å². The molecule has 1 atom stereocenters. The van der Waals surface area contributed by atoms with Crippen molar-refractivity contribution in [2.45, 2.75) is 12.5 Å². The molecule has 0 aliphatic carbocycles. The molecule has 0 saturated heterocycles. The van der Waals surface area contributed by atoms with Gasteiger partial charge in [0.1, 0.15) is 6.29 Å². The van der Waals surface area contributed by atoms with Crippen molar-refractivity contribution in [1.82, 2.24) is 5.32 Å².